The van der Waals surface area contributed by atoms with E-state index in [4.69, 9.17) is 16.1 Å². The molecule has 154 valence electrons. The molecule has 0 saturated carbocycles. The molecule has 1 unspecified atom stereocenters. The van der Waals surface area contributed by atoms with Gasteiger partial charge in [0.25, 0.3) is 5.89 Å². The van der Waals surface area contributed by atoms with Gasteiger partial charge >= 0.3 is 6.03 Å². The number of benzene rings is 2. The third-order valence-corrected chi connectivity index (χ3v) is 5.48. The molecule has 6 nitrogen and oxygen atoms in total. The van der Waals surface area contributed by atoms with Crippen molar-refractivity contribution in [1.82, 2.24) is 20.4 Å². The molecule has 0 spiro atoms. The lowest BCUT2D eigenvalue weighted by atomic mass is 9.94. The number of hydrogen-bond acceptors (Lipinski definition) is 4. The predicted molar refractivity (Wildman–Crippen MR) is 117 cm³/mol. The summed E-state index contributed by atoms with van der Waals surface area (Å²) in [6.45, 7) is 4.66. The van der Waals surface area contributed by atoms with Crippen molar-refractivity contribution in [1.29, 1.82) is 0 Å². The van der Waals surface area contributed by atoms with Crippen LogP contribution in [0.4, 0.5) is 4.79 Å². The summed E-state index contributed by atoms with van der Waals surface area (Å²) >= 11 is 6.06. The third kappa shape index (κ3) is 3.96. The van der Waals surface area contributed by atoms with E-state index in [-0.39, 0.29) is 6.03 Å². The maximum Gasteiger partial charge on any atom is 0.322 e. The Hall–Kier alpha value is -3.12. The van der Waals surface area contributed by atoms with E-state index in [1.807, 2.05) is 61.5 Å². The molecular formula is C23H23ClN4O2. The second-order valence-corrected chi connectivity index (χ2v) is 7.66. The second kappa shape index (κ2) is 8.71. The van der Waals surface area contributed by atoms with Crippen LogP contribution in [-0.2, 0) is 0 Å². The summed E-state index contributed by atoms with van der Waals surface area (Å²) in [5.74, 6) is 0.908. The van der Waals surface area contributed by atoms with Gasteiger partial charge < -0.3 is 9.84 Å². The molecule has 0 radical (unpaired) electrons. The smallest absolute Gasteiger partial charge is 0.322 e. The first kappa shape index (κ1) is 20.2. The fraction of sp³-hybridized carbons (Fsp3) is 0.261. The number of rotatable bonds is 6. The van der Waals surface area contributed by atoms with E-state index in [1.165, 1.54) is 0 Å². The number of allylic oxidation sites excluding steroid dienone is 1. The highest BCUT2D eigenvalue weighted by Crippen LogP contribution is 2.37. The van der Waals surface area contributed by atoms with Crippen LogP contribution in [0.15, 0.2) is 64.8 Å². The molecule has 1 aromatic heterocycles. The molecule has 1 N–H and O–H groups in total. The number of nitrogens with one attached hydrogen (secondary N) is 1. The standard InChI is InChI=1S/C23H23ClN4O2/c1-3-4-14-28-15(2)19(20(25-23(28)29)16-10-12-18(24)13-11-16)22-26-21(27-30-22)17-8-6-5-7-9-17/h5-13,20H,3-4,14H2,1-2H3,(H,25,29). The topological polar surface area (TPSA) is 71.3 Å². The zero-order valence-corrected chi connectivity index (χ0v) is 17.7. The van der Waals surface area contributed by atoms with Crippen molar-refractivity contribution in [2.45, 2.75) is 32.7 Å². The van der Waals surface area contributed by atoms with Crippen LogP contribution in [0.25, 0.3) is 17.0 Å². The maximum absolute atomic E-state index is 12.9. The number of carbonyl (C=O) groups excluding carboxylic acids is 1. The van der Waals surface area contributed by atoms with E-state index in [2.05, 4.69) is 22.4 Å². The molecule has 0 saturated heterocycles. The summed E-state index contributed by atoms with van der Waals surface area (Å²) in [6.07, 6.45) is 1.90. The Kier molecular flexibility index (Phi) is 5.86. The third-order valence-electron chi connectivity index (χ3n) is 5.22. The van der Waals surface area contributed by atoms with Crippen LogP contribution in [0, 0.1) is 0 Å². The first-order chi connectivity index (χ1) is 14.6. The molecule has 0 fully saturated rings. The SMILES string of the molecule is CCCCN1C(=O)NC(c2ccc(Cl)cc2)C(c2nc(-c3ccccc3)no2)=C1C. The first-order valence-electron chi connectivity index (χ1n) is 10.0. The van der Waals surface area contributed by atoms with Crippen LogP contribution in [-0.4, -0.2) is 27.6 Å². The molecule has 1 aliphatic rings. The number of carbonyl (C=O) groups is 1. The predicted octanol–water partition coefficient (Wildman–Crippen LogP) is 5.69. The molecule has 7 heteroatoms. The van der Waals surface area contributed by atoms with Gasteiger partial charge in [0.1, 0.15) is 0 Å². The Morgan fingerprint density at radius 2 is 1.87 bits per heavy atom. The molecule has 2 amide bonds. The highest BCUT2D eigenvalue weighted by atomic mass is 35.5. The van der Waals surface area contributed by atoms with Gasteiger partial charge in [-0.15, -0.1) is 0 Å². The van der Waals surface area contributed by atoms with Crippen LogP contribution in [0.3, 0.4) is 0 Å². The minimum Gasteiger partial charge on any atom is -0.334 e. The van der Waals surface area contributed by atoms with Crippen molar-refractivity contribution >= 4 is 23.2 Å². The van der Waals surface area contributed by atoms with Gasteiger partial charge in [0.05, 0.1) is 11.6 Å². The van der Waals surface area contributed by atoms with Crippen LogP contribution in [0.2, 0.25) is 5.02 Å². The number of nitrogens with zero attached hydrogens (tertiary/aromatic N) is 3. The molecule has 1 aliphatic heterocycles. The van der Waals surface area contributed by atoms with Gasteiger partial charge in [-0.2, -0.15) is 4.98 Å². The summed E-state index contributed by atoms with van der Waals surface area (Å²) in [5, 5.41) is 7.91. The molecule has 4 rings (SSSR count). The van der Waals surface area contributed by atoms with Crippen molar-refractivity contribution in [3.63, 3.8) is 0 Å². The lowest BCUT2D eigenvalue weighted by Gasteiger charge is -2.35. The van der Waals surface area contributed by atoms with Gasteiger partial charge in [0.2, 0.25) is 5.82 Å². The van der Waals surface area contributed by atoms with E-state index < -0.39 is 6.04 Å². The van der Waals surface area contributed by atoms with E-state index in [9.17, 15) is 4.79 Å². The minimum absolute atomic E-state index is 0.132. The minimum atomic E-state index is -0.406. The summed E-state index contributed by atoms with van der Waals surface area (Å²) in [6, 6.07) is 16.5. The van der Waals surface area contributed by atoms with Crippen molar-refractivity contribution in [2.24, 2.45) is 0 Å². The molecule has 1 atom stereocenters. The normalized spacial score (nSPS) is 16.7. The lowest BCUT2D eigenvalue weighted by molar-refractivity contribution is 0.204. The molecule has 2 heterocycles. The number of hydrogen-bond donors (Lipinski definition) is 1. The van der Waals surface area contributed by atoms with Crippen LogP contribution >= 0.6 is 11.6 Å². The Labute approximate surface area is 180 Å². The Morgan fingerprint density at radius 1 is 1.13 bits per heavy atom. The number of amides is 2. The molecule has 0 bridgehead atoms. The van der Waals surface area contributed by atoms with Gasteiger partial charge in [0, 0.05) is 22.8 Å². The average Bonchev–Trinajstić information content (AvgIpc) is 3.24. The summed E-state index contributed by atoms with van der Waals surface area (Å²) in [5.41, 5.74) is 3.38. The maximum atomic E-state index is 12.9. The molecule has 2 aromatic carbocycles. The van der Waals surface area contributed by atoms with Gasteiger partial charge in [-0.25, -0.2) is 4.79 Å². The summed E-state index contributed by atoms with van der Waals surface area (Å²) in [4.78, 5) is 19.2. The number of aromatic nitrogens is 2. The number of unbranched alkanes of at least 4 members (excludes halogenated alkanes) is 1. The Balaban J connectivity index is 1.79. The van der Waals surface area contributed by atoms with Crippen molar-refractivity contribution in [3.8, 4) is 11.4 Å². The number of urea groups is 1. The fourth-order valence-electron chi connectivity index (χ4n) is 3.59. The molecule has 30 heavy (non-hydrogen) atoms. The zero-order chi connectivity index (χ0) is 21.1. The van der Waals surface area contributed by atoms with Gasteiger partial charge in [0.15, 0.2) is 0 Å². The largest absolute Gasteiger partial charge is 0.334 e. The monoisotopic (exact) mass is 422 g/mol. The van der Waals surface area contributed by atoms with E-state index >= 15 is 0 Å². The Morgan fingerprint density at radius 3 is 2.57 bits per heavy atom. The van der Waals surface area contributed by atoms with E-state index in [0.717, 1.165) is 35.2 Å². The summed E-state index contributed by atoms with van der Waals surface area (Å²) in [7, 11) is 0. The van der Waals surface area contributed by atoms with Crippen molar-refractivity contribution in [3.05, 3.63) is 76.8 Å². The molecule has 0 aliphatic carbocycles. The number of halogens is 1. The van der Waals surface area contributed by atoms with E-state index in [0.29, 0.717) is 23.3 Å². The van der Waals surface area contributed by atoms with Crippen LogP contribution in [0.1, 0.15) is 44.2 Å². The highest BCUT2D eigenvalue weighted by molar-refractivity contribution is 6.30. The highest BCUT2D eigenvalue weighted by Gasteiger charge is 2.35. The lowest BCUT2D eigenvalue weighted by Crippen LogP contribution is -2.46. The van der Waals surface area contributed by atoms with Gasteiger partial charge in [-0.3, -0.25) is 4.90 Å². The molecular weight excluding hydrogens is 400 g/mol. The van der Waals surface area contributed by atoms with E-state index in [1.54, 1.807) is 4.90 Å². The summed E-state index contributed by atoms with van der Waals surface area (Å²) < 4.78 is 5.67. The van der Waals surface area contributed by atoms with Gasteiger partial charge in [-0.05, 0) is 31.0 Å². The average molecular weight is 423 g/mol. The van der Waals surface area contributed by atoms with Crippen LogP contribution in [0.5, 0.6) is 0 Å². The second-order valence-electron chi connectivity index (χ2n) is 7.23. The van der Waals surface area contributed by atoms with Gasteiger partial charge in [-0.1, -0.05) is 72.6 Å². The van der Waals surface area contributed by atoms with Crippen LogP contribution < -0.4 is 5.32 Å². The quantitative estimate of drug-likeness (QED) is 0.554. The van der Waals surface area contributed by atoms with Crippen molar-refractivity contribution < 1.29 is 9.32 Å². The zero-order valence-electron chi connectivity index (χ0n) is 16.9. The van der Waals surface area contributed by atoms with Crippen molar-refractivity contribution in [2.75, 3.05) is 6.54 Å². The fourth-order valence-corrected chi connectivity index (χ4v) is 3.71. The first-order valence-corrected chi connectivity index (χ1v) is 10.4. The molecule has 3 aromatic rings. The Bertz CT molecular complexity index is 1060.